The number of rotatable bonds is 6. The van der Waals surface area contributed by atoms with Crippen molar-refractivity contribution in [3.8, 4) is 5.75 Å². The molecule has 114 valence electrons. The Hall–Kier alpha value is -1.02. The molecule has 2 fully saturated rings. The minimum atomic E-state index is 0.406. The molecule has 4 rings (SSSR count). The fourth-order valence-corrected chi connectivity index (χ4v) is 4.77. The van der Waals surface area contributed by atoms with E-state index in [-0.39, 0.29) is 0 Å². The van der Waals surface area contributed by atoms with Gasteiger partial charge in [-0.2, -0.15) is 0 Å². The first-order chi connectivity index (χ1) is 10.3. The lowest BCUT2D eigenvalue weighted by atomic mass is 9.77. The molecule has 3 unspecified atom stereocenters. The van der Waals surface area contributed by atoms with Crippen molar-refractivity contribution >= 4 is 0 Å². The molecule has 2 nitrogen and oxygen atoms in total. The summed E-state index contributed by atoms with van der Waals surface area (Å²) in [7, 11) is 0. The second-order valence-corrected chi connectivity index (χ2v) is 7.60. The van der Waals surface area contributed by atoms with Crippen LogP contribution in [0, 0.1) is 17.3 Å². The van der Waals surface area contributed by atoms with Crippen molar-refractivity contribution in [1.82, 2.24) is 5.32 Å². The molecular formula is C19H27NO. The normalized spacial score (nSPS) is 36.1. The number of nitrogens with one attached hydrogen (secondary N) is 1. The molecule has 1 aromatic carbocycles. The Balaban J connectivity index is 1.41. The molecule has 0 spiro atoms. The van der Waals surface area contributed by atoms with Gasteiger partial charge in [-0.15, -0.1) is 0 Å². The van der Waals surface area contributed by atoms with Crippen LogP contribution in [0.25, 0.3) is 0 Å². The Labute approximate surface area is 128 Å². The van der Waals surface area contributed by atoms with Crippen LogP contribution in [0.4, 0.5) is 0 Å². The molecular weight excluding hydrogens is 258 g/mol. The van der Waals surface area contributed by atoms with Gasteiger partial charge in [-0.05, 0) is 67.5 Å². The van der Waals surface area contributed by atoms with E-state index in [0.717, 1.165) is 30.6 Å². The molecule has 0 amide bonds. The molecule has 3 aliphatic rings. The summed E-state index contributed by atoms with van der Waals surface area (Å²) in [4.78, 5) is 0. The van der Waals surface area contributed by atoms with E-state index in [0.29, 0.717) is 11.5 Å². The highest BCUT2D eigenvalue weighted by Crippen LogP contribution is 2.61. The van der Waals surface area contributed by atoms with Crippen LogP contribution in [0.2, 0.25) is 0 Å². The molecule has 1 aromatic rings. The van der Waals surface area contributed by atoms with Gasteiger partial charge in [0.1, 0.15) is 11.9 Å². The Morgan fingerprint density at radius 3 is 2.81 bits per heavy atom. The smallest absolute Gasteiger partial charge is 0.123 e. The monoisotopic (exact) mass is 285 g/mol. The van der Waals surface area contributed by atoms with Gasteiger partial charge in [-0.3, -0.25) is 0 Å². The van der Waals surface area contributed by atoms with Crippen LogP contribution in [-0.4, -0.2) is 19.2 Å². The topological polar surface area (TPSA) is 21.3 Å². The lowest BCUT2D eigenvalue weighted by Crippen LogP contribution is -2.37. The zero-order valence-corrected chi connectivity index (χ0v) is 13.1. The van der Waals surface area contributed by atoms with Crippen molar-refractivity contribution in [2.24, 2.45) is 17.3 Å². The van der Waals surface area contributed by atoms with Crippen molar-refractivity contribution in [3.63, 3.8) is 0 Å². The van der Waals surface area contributed by atoms with Crippen molar-refractivity contribution in [2.45, 2.75) is 51.6 Å². The van der Waals surface area contributed by atoms with Gasteiger partial charge in [-0.1, -0.05) is 25.1 Å². The summed E-state index contributed by atoms with van der Waals surface area (Å²) in [6.07, 6.45) is 8.36. The van der Waals surface area contributed by atoms with Crippen LogP contribution in [0.3, 0.4) is 0 Å². The predicted octanol–water partition coefficient (Wildman–Crippen LogP) is 3.80. The van der Waals surface area contributed by atoms with E-state index in [1.807, 2.05) is 0 Å². The van der Waals surface area contributed by atoms with Crippen LogP contribution in [0.15, 0.2) is 24.3 Å². The third-order valence-corrected chi connectivity index (χ3v) is 5.76. The number of hydrogen-bond donors (Lipinski definition) is 1. The fraction of sp³-hybridized carbons (Fsp3) is 0.684. The van der Waals surface area contributed by atoms with Crippen LogP contribution >= 0.6 is 0 Å². The van der Waals surface area contributed by atoms with Crippen LogP contribution in [-0.2, 0) is 6.42 Å². The van der Waals surface area contributed by atoms with Crippen molar-refractivity contribution < 1.29 is 4.74 Å². The molecule has 3 atom stereocenters. The van der Waals surface area contributed by atoms with Crippen molar-refractivity contribution in [2.75, 3.05) is 13.1 Å². The van der Waals surface area contributed by atoms with Gasteiger partial charge in [-0.25, -0.2) is 0 Å². The zero-order valence-electron chi connectivity index (χ0n) is 13.1. The molecule has 1 heterocycles. The first kappa shape index (κ1) is 13.6. The highest BCUT2D eigenvalue weighted by Gasteiger charge is 2.54. The number of para-hydroxylation sites is 1. The van der Waals surface area contributed by atoms with Gasteiger partial charge in [0.15, 0.2) is 0 Å². The molecule has 21 heavy (non-hydrogen) atoms. The quantitative estimate of drug-likeness (QED) is 0.803. The third-order valence-electron chi connectivity index (χ3n) is 5.76. The van der Waals surface area contributed by atoms with E-state index in [9.17, 15) is 0 Å². The van der Waals surface area contributed by atoms with Crippen molar-refractivity contribution in [3.05, 3.63) is 29.8 Å². The highest BCUT2D eigenvalue weighted by atomic mass is 16.5. The maximum absolute atomic E-state index is 6.22. The summed E-state index contributed by atoms with van der Waals surface area (Å²) in [5, 5.41) is 3.70. The second kappa shape index (κ2) is 5.31. The zero-order chi connectivity index (χ0) is 14.3. The van der Waals surface area contributed by atoms with Gasteiger partial charge in [0.2, 0.25) is 0 Å². The van der Waals surface area contributed by atoms with E-state index in [1.165, 1.54) is 44.2 Å². The number of ether oxygens (including phenoxy) is 1. The van der Waals surface area contributed by atoms with Gasteiger partial charge in [0.25, 0.3) is 0 Å². The molecule has 0 bridgehead atoms. The average Bonchev–Trinajstić information content (AvgIpc) is 2.93. The first-order valence-corrected chi connectivity index (χ1v) is 8.73. The third kappa shape index (κ3) is 2.70. The lowest BCUT2D eigenvalue weighted by molar-refractivity contribution is 0.124. The number of benzene rings is 1. The molecule has 1 N–H and O–H groups in total. The lowest BCUT2D eigenvalue weighted by Gasteiger charge is -2.33. The Morgan fingerprint density at radius 2 is 2.05 bits per heavy atom. The van der Waals surface area contributed by atoms with E-state index >= 15 is 0 Å². The molecule has 2 heteroatoms. The van der Waals surface area contributed by atoms with Crippen LogP contribution < -0.4 is 10.1 Å². The van der Waals surface area contributed by atoms with Gasteiger partial charge in [0, 0.05) is 13.0 Å². The molecule has 0 aromatic heterocycles. The van der Waals surface area contributed by atoms with Crippen LogP contribution in [0.1, 0.15) is 44.6 Å². The Kier molecular flexibility index (Phi) is 3.45. The minimum absolute atomic E-state index is 0.406. The number of fused-ring (bicyclic) bond motifs is 2. The van der Waals surface area contributed by atoms with E-state index in [4.69, 9.17) is 4.74 Å². The Morgan fingerprint density at radius 1 is 1.24 bits per heavy atom. The molecule has 2 aliphatic carbocycles. The SMILES string of the molecule is CCCNCC1(CC2Cc3ccccc3O2)CC2CC2C1. The Bertz CT molecular complexity index is 477. The second-order valence-electron chi connectivity index (χ2n) is 7.60. The summed E-state index contributed by atoms with van der Waals surface area (Å²) in [5.74, 6) is 3.21. The molecule has 2 saturated carbocycles. The maximum Gasteiger partial charge on any atom is 0.123 e. The minimum Gasteiger partial charge on any atom is -0.490 e. The van der Waals surface area contributed by atoms with E-state index in [1.54, 1.807) is 0 Å². The van der Waals surface area contributed by atoms with E-state index < -0.39 is 0 Å². The molecule has 0 saturated heterocycles. The van der Waals surface area contributed by atoms with Gasteiger partial charge >= 0.3 is 0 Å². The number of hydrogen-bond acceptors (Lipinski definition) is 2. The first-order valence-electron chi connectivity index (χ1n) is 8.73. The summed E-state index contributed by atoms with van der Waals surface area (Å²) < 4.78 is 6.22. The van der Waals surface area contributed by atoms with Crippen molar-refractivity contribution in [1.29, 1.82) is 0 Å². The summed E-state index contributed by atoms with van der Waals surface area (Å²) in [6.45, 7) is 4.61. The summed E-state index contributed by atoms with van der Waals surface area (Å²) >= 11 is 0. The largest absolute Gasteiger partial charge is 0.490 e. The molecule has 1 aliphatic heterocycles. The fourth-order valence-electron chi connectivity index (χ4n) is 4.77. The van der Waals surface area contributed by atoms with Gasteiger partial charge < -0.3 is 10.1 Å². The van der Waals surface area contributed by atoms with Crippen LogP contribution in [0.5, 0.6) is 5.75 Å². The summed E-state index contributed by atoms with van der Waals surface area (Å²) in [6, 6.07) is 8.57. The molecule has 0 radical (unpaired) electrons. The highest BCUT2D eigenvalue weighted by molar-refractivity contribution is 5.37. The maximum atomic E-state index is 6.22. The predicted molar refractivity (Wildman–Crippen MR) is 85.6 cm³/mol. The standard InChI is InChI=1S/C19H27NO/c1-2-7-20-13-19(10-15-8-16(15)11-19)12-17-9-14-5-3-4-6-18(14)21-17/h3-6,15-17,20H,2,7-13H2,1H3. The average molecular weight is 285 g/mol. The summed E-state index contributed by atoms with van der Waals surface area (Å²) in [5.41, 5.74) is 1.91. The van der Waals surface area contributed by atoms with Gasteiger partial charge in [0.05, 0.1) is 0 Å². The van der Waals surface area contributed by atoms with E-state index in [2.05, 4.69) is 36.5 Å².